The van der Waals surface area contributed by atoms with Gasteiger partial charge in [-0.2, -0.15) is 0 Å². The van der Waals surface area contributed by atoms with E-state index in [0.717, 1.165) is 21.8 Å². The predicted octanol–water partition coefficient (Wildman–Crippen LogP) is 2.41. The van der Waals surface area contributed by atoms with Crippen molar-refractivity contribution in [3.63, 3.8) is 0 Å². The topological polar surface area (TPSA) is 64.7 Å². The number of aryl methyl sites for hydroxylation is 3. The molecule has 0 fully saturated rings. The summed E-state index contributed by atoms with van der Waals surface area (Å²) in [7, 11) is 0. The maximum atomic E-state index is 5.79. The molecular weight excluding hydrogens is 244 g/mol. The maximum Gasteiger partial charge on any atom is 0.193 e. The molecule has 0 atom stereocenters. The Morgan fingerprint density at radius 2 is 1.83 bits per heavy atom. The van der Waals surface area contributed by atoms with Crippen molar-refractivity contribution in [2.75, 3.05) is 0 Å². The smallest absolute Gasteiger partial charge is 0.193 e. The molecule has 18 heavy (non-hydrogen) atoms. The first-order valence-electron chi connectivity index (χ1n) is 5.74. The van der Waals surface area contributed by atoms with Gasteiger partial charge in [-0.3, -0.25) is 0 Å². The van der Waals surface area contributed by atoms with Gasteiger partial charge >= 0.3 is 0 Å². The molecule has 0 unspecified atom stereocenters. The first-order chi connectivity index (χ1) is 8.60. The fourth-order valence-corrected chi connectivity index (χ4v) is 2.62. The third-order valence-electron chi connectivity index (χ3n) is 2.59. The quantitative estimate of drug-likeness (QED) is 0.858. The molecule has 0 aliphatic heterocycles. The maximum absolute atomic E-state index is 5.79. The number of hydrogen-bond donors (Lipinski definition) is 1. The lowest BCUT2D eigenvalue weighted by molar-refractivity contribution is 0.903. The highest BCUT2D eigenvalue weighted by Gasteiger charge is 2.10. The number of hydrogen-bond acceptors (Lipinski definition) is 5. The molecule has 0 saturated carbocycles. The second-order valence-electron chi connectivity index (χ2n) is 4.21. The van der Waals surface area contributed by atoms with E-state index in [1.54, 1.807) is 12.4 Å². The van der Waals surface area contributed by atoms with E-state index >= 15 is 0 Å². The summed E-state index contributed by atoms with van der Waals surface area (Å²) in [6, 6.07) is 2.04. The average Bonchev–Trinajstić information content (AvgIpc) is 2.32. The van der Waals surface area contributed by atoms with Crippen LogP contribution in [0.5, 0.6) is 0 Å². The third-order valence-corrected chi connectivity index (χ3v) is 3.51. The number of pyridine rings is 1. The molecule has 0 bridgehead atoms. The van der Waals surface area contributed by atoms with Crippen molar-refractivity contribution < 1.29 is 0 Å². The van der Waals surface area contributed by atoms with E-state index in [1.165, 1.54) is 17.3 Å². The Balaban J connectivity index is 2.36. The summed E-state index contributed by atoms with van der Waals surface area (Å²) in [6.45, 7) is 6.48. The van der Waals surface area contributed by atoms with Crippen LogP contribution in [0.1, 0.15) is 22.4 Å². The molecule has 2 heterocycles. The van der Waals surface area contributed by atoms with Crippen molar-refractivity contribution in [1.82, 2.24) is 15.0 Å². The Hall–Kier alpha value is -1.46. The molecule has 2 aromatic heterocycles. The Kier molecular flexibility index (Phi) is 3.93. The van der Waals surface area contributed by atoms with Crippen LogP contribution in [0.15, 0.2) is 28.6 Å². The lowest BCUT2D eigenvalue weighted by Crippen LogP contribution is -2.04. The van der Waals surface area contributed by atoms with Crippen LogP contribution in [0.2, 0.25) is 0 Å². The lowest BCUT2D eigenvalue weighted by atomic mass is 10.1. The zero-order valence-corrected chi connectivity index (χ0v) is 11.6. The van der Waals surface area contributed by atoms with E-state index in [1.807, 2.05) is 19.9 Å². The molecule has 2 N–H and O–H groups in total. The molecule has 0 amide bonds. The summed E-state index contributed by atoms with van der Waals surface area (Å²) in [4.78, 5) is 13.1. The van der Waals surface area contributed by atoms with Gasteiger partial charge in [0.1, 0.15) is 5.03 Å². The van der Waals surface area contributed by atoms with Crippen molar-refractivity contribution in [2.24, 2.45) is 5.73 Å². The van der Waals surface area contributed by atoms with Crippen LogP contribution in [-0.4, -0.2) is 15.0 Å². The molecule has 94 valence electrons. The van der Waals surface area contributed by atoms with Crippen LogP contribution in [0, 0.1) is 20.8 Å². The van der Waals surface area contributed by atoms with Crippen LogP contribution < -0.4 is 5.73 Å². The minimum absolute atomic E-state index is 0.479. The number of aromatic nitrogens is 3. The molecule has 0 aliphatic carbocycles. The van der Waals surface area contributed by atoms with E-state index in [4.69, 9.17) is 5.73 Å². The molecule has 0 radical (unpaired) electrons. The fourth-order valence-electron chi connectivity index (χ4n) is 1.68. The zero-order chi connectivity index (χ0) is 13.1. The average molecular weight is 260 g/mol. The van der Waals surface area contributed by atoms with Gasteiger partial charge in [-0.1, -0.05) is 0 Å². The number of rotatable bonds is 3. The van der Waals surface area contributed by atoms with E-state index < -0.39 is 0 Å². The highest BCUT2D eigenvalue weighted by Crippen LogP contribution is 2.28. The monoisotopic (exact) mass is 260 g/mol. The molecule has 2 rings (SSSR count). The van der Waals surface area contributed by atoms with Gasteiger partial charge in [0.25, 0.3) is 0 Å². The molecule has 0 aliphatic rings. The SMILES string of the molecule is Cc1cnc(Sc2nc(C)cc(C)c2CN)nc1. The largest absolute Gasteiger partial charge is 0.326 e. The van der Waals surface area contributed by atoms with Gasteiger partial charge in [0.05, 0.1) is 0 Å². The van der Waals surface area contributed by atoms with Crippen molar-refractivity contribution in [3.8, 4) is 0 Å². The summed E-state index contributed by atoms with van der Waals surface area (Å²) in [5, 5.41) is 1.60. The van der Waals surface area contributed by atoms with Crippen LogP contribution in [-0.2, 0) is 6.54 Å². The Morgan fingerprint density at radius 3 is 2.44 bits per heavy atom. The molecule has 4 nitrogen and oxygen atoms in total. The van der Waals surface area contributed by atoms with Crippen LogP contribution in [0.3, 0.4) is 0 Å². The second kappa shape index (κ2) is 5.46. The predicted molar refractivity (Wildman–Crippen MR) is 72.5 cm³/mol. The van der Waals surface area contributed by atoms with Crippen molar-refractivity contribution in [3.05, 3.63) is 40.8 Å². The van der Waals surface area contributed by atoms with E-state index in [0.29, 0.717) is 11.7 Å². The van der Waals surface area contributed by atoms with Gasteiger partial charge < -0.3 is 5.73 Å². The van der Waals surface area contributed by atoms with Gasteiger partial charge in [0, 0.05) is 30.2 Å². The van der Waals surface area contributed by atoms with E-state index in [-0.39, 0.29) is 0 Å². The molecular formula is C13H16N4S. The highest BCUT2D eigenvalue weighted by molar-refractivity contribution is 7.99. The molecule has 0 spiro atoms. The number of nitrogens with two attached hydrogens (primary N) is 1. The van der Waals surface area contributed by atoms with E-state index in [2.05, 4.69) is 21.9 Å². The summed E-state index contributed by atoms with van der Waals surface area (Å²) < 4.78 is 0. The van der Waals surface area contributed by atoms with E-state index in [9.17, 15) is 0 Å². The van der Waals surface area contributed by atoms with Crippen molar-refractivity contribution in [2.45, 2.75) is 37.5 Å². The fraction of sp³-hybridized carbons (Fsp3) is 0.308. The van der Waals surface area contributed by atoms with Gasteiger partial charge in [-0.15, -0.1) is 0 Å². The Labute approximate surface area is 111 Å². The van der Waals surface area contributed by atoms with Crippen LogP contribution >= 0.6 is 11.8 Å². The Bertz CT molecular complexity index is 552. The minimum atomic E-state index is 0.479. The molecule has 5 heteroatoms. The van der Waals surface area contributed by atoms with Crippen LogP contribution in [0.4, 0.5) is 0 Å². The Morgan fingerprint density at radius 1 is 1.17 bits per heavy atom. The first-order valence-corrected chi connectivity index (χ1v) is 6.55. The van der Waals surface area contributed by atoms with Crippen molar-refractivity contribution >= 4 is 11.8 Å². The standard InChI is InChI=1S/C13H16N4S/c1-8-6-15-13(16-7-8)18-12-11(5-14)9(2)4-10(3)17-12/h4,6-7H,5,14H2,1-3H3. The second-order valence-corrected chi connectivity index (χ2v) is 5.17. The summed E-state index contributed by atoms with van der Waals surface area (Å²) in [6.07, 6.45) is 3.61. The summed E-state index contributed by atoms with van der Waals surface area (Å²) >= 11 is 1.46. The highest BCUT2D eigenvalue weighted by atomic mass is 32.2. The van der Waals surface area contributed by atoms with Crippen LogP contribution in [0.25, 0.3) is 0 Å². The molecule has 0 aromatic carbocycles. The van der Waals surface area contributed by atoms with Gasteiger partial charge in [-0.05, 0) is 49.7 Å². The lowest BCUT2D eigenvalue weighted by Gasteiger charge is -2.10. The zero-order valence-electron chi connectivity index (χ0n) is 10.8. The van der Waals surface area contributed by atoms with Gasteiger partial charge in [-0.25, -0.2) is 15.0 Å². The van der Waals surface area contributed by atoms with Gasteiger partial charge in [0.2, 0.25) is 0 Å². The normalized spacial score (nSPS) is 10.7. The first kappa shape index (κ1) is 13.0. The third kappa shape index (κ3) is 2.86. The molecule has 0 saturated heterocycles. The molecule has 2 aromatic rings. The minimum Gasteiger partial charge on any atom is -0.326 e. The van der Waals surface area contributed by atoms with Gasteiger partial charge in [0.15, 0.2) is 5.16 Å². The summed E-state index contributed by atoms with van der Waals surface area (Å²) in [5.74, 6) is 0. The van der Waals surface area contributed by atoms with Crippen molar-refractivity contribution in [1.29, 1.82) is 0 Å². The summed E-state index contributed by atoms with van der Waals surface area (Å²) in [5.41, 5.74) is 10.0. The number of nitrogens with zero attached hydrogens (tertiary/aromatic N) is 3.